The van der Waals surface area contributed by atoms with E-state index in [9.17, 15) is 26.3 Å². The van der Waals surface area contributed by atoms with Crippen molar-refractivity contribution in [2.75, 3.05) is 0 Å². The molecule has 0 amide bonds. The fraction of sp³-hybridized carbons (Fsp3) is 0. The molecule has 0 N–H and O–H groups in total. The molecule has 4 rings (SSSR count). The minimum Gasteiger partial charge on any atom is -0.247 e. The second-order valence-electron chi connectivity index (χ2n) is 6.14. The number of para-hydroxylation sites is 1. The molecule has 0 saturated carbocycles. The first-order chi connectivity index (χ1) is 13.8. The van der Waals surface area contributed by atoms with Crippen LogP contribution in [-0.2, 0) is 0 Å². The molecule has 4 aromatic rings. The van der Waals surface area contributed by atoms with Crippen LogP contribution in [0.25, 0.3) is 10.9 Å². The van der Waals surface area contributed by atoms with Crippen molar-refractivity contribution in [1.82, 2.24) is 4.98 Å². The minimum atomic E-state index is -2.01. The molecule has 0 aliphatic rings. The SMILES string of the molecule is Fc1cc(P(c2cc(F)c(F)c(F)c2)c2ccc3ccccc3n2)cc(F)c1F. The third-order valence-electron chi connectivity index (χ3n) is 4.27. The lowest BCUT2D eigenvalue weighted by atomic mass is 10.2. The summed E-state index contributed by atoms with van der Waals surface area (Å²) in [4.78, 5) is 4.44. The number of nitrogens with zero attached hydrogens (tertiary/aromatic N) is 1. The summed E-state index contributed by atoms with van der Waals surface area (Å²) < 4.78 is 82.4. The lowest BCUT2D eigenvalue weighted by Gasteiger charge is -2.19. The highest BCUT2D eigenvalue weighted by Crippen LogP contribution is 2.34. The first-order valence-electron chi connectivity index (χ1n) is 8.30. The molecule has 0 aliphatic heterocycles. The van der Waals surface area contributed by atoms with Gasteiger partial charge in [0.15, 0.2) is 34.9 Å². The number of hydrogen-bond donors (Lipinski definition) is 0. The predicted octanol–water partition coefficient (Wildman–Crippen LogP) is 4.83. The molecule has 8 heteroatoms. The molecule has 146 valence electrons. The Hall–Kier alpha value is -2.92. The van der Waals surface area contributed by atoms with Gasteiger partial charge < -0.3 is 0 Å². The summed E-state index contributed by atoms with van der Waals surface area (Å²) in [6, 6.07) is 13.3. The van der Waals surface area contributed by atoms with Crippen LogP contribution in [0.15, 0.2) is 60.7 Å². The second-order valence-corrected chi connectivity index (χ2v) is 8.31. The highest BCUT2D eigenvalue weighted by atomic mass is 31.1. The summed E-state index contributed by atoms with van der Waals surface area (Å²) in [5.74, 6) is -9.11. The fourth-order valence-electron chi connectivity index (χ4n) is 2.94. The molecule has 0 atom stereocenters. The van der Waals surface area contributed by atoms with E-state index in [1.54, 1.807) is 36.4 Å². The molecule has 0 bridgehead atoms. The number of rotatable bonds is 3. The number of aromatic nitrogens is 1. The van der Waals surface area contributed by atoms with E-state index < -0.39 is 42.8 Å². The van der Waals surface area contributed by atoms with Gasteiger partial charge >= 0.3 is 0 Å². The zero-order chi connectivity index (χ0) is 20.7. The van der Waals surface area contributed by atoms with Gasteiger partial charge in [0.05, 0.1) is 11.0 Å². The molecule has 0 aliphatic carbocycles. The Morgan fingerprint density at radius 3 is 1.59 bits per heavy atom. The Bertz CT molecular complexity index is 1140. The van der Waals surface area contributed by atoms with Crippen LogP contribution >= 0.6 is 7.92 Å². The molecule has 0 spiro atoms. The van der Waals surface area contributed by atoms with Gasteiger partial charge in [-0.15, -0.1) is 0 Å². The van der Waals surface area contributed by atoms with Crippen LogP contribution in [0.1, 0.15) is 0 Å². The van der Waals surface area contributed by atoms with Gasteiger partial charge in [0.25, 0.3) is 0 Å². The van der Waals surface area contributed by atoms with Crippen molar-refractivity contribution < 1.29 is 26.3 Å². The maximum atomic E-state index is 13.9. The standard InChI is InChI=1S/C21H10F6NP/c22-14-7-12(8-15(23)20(14)26)29(13-9-16(24)21(27)17(25)10-13)19-6-5-11-3-1-2-4-18(11)28-19/h1-10H. The zero-order valence-corrected chi connectivity index (χ0v) is 15.3. The van der Waals surface area contributed by atoms with E-state index in [0.717, 1.165) is 29.7 Å². The molecule has 29 heavy (non-hydrogen) atoms. The third-order valence-corrected chi connectivity index (χ3v) is 6.52. The summed E-state index contributed by atoms with van der Waals surface area (Å²) in [6.07, 6.45) is 0. The molecule has 1 heterocycles. The highest BCUT2D eigenvalue weighted by Gasteiger charge is 2.25. The normalized spacial score (nSPS) is 11.4. The van der Waals surface area contributed by atoms with Crippen molar-refractivity contribution in [2.24, 2.45) is 0 Å². The Morgan fingerprint density at radius 2 is 1.07 bits per heavy atom. The van der Waals surface area contributed by atoms with Gasteiger partial charge in [-0.2, -0.15) is 0 Å². The van der Waals surface area contributed by atoms with E-state index in [0.29, 0.717) is 5.52 Å². The number of pyridine rings is 1. The van der Waals surface area contributed by atoms with Crippen molar-refractivity contribution in [3.8, 4) is 0 Å². The Balaban J connectivity index is 1.98. The van der Waals surface area contributed by atoms with E-state index in [1.165, 1.54) is 0 Å². The summed E-state index contributed by atoms with van der Waals surface area (Å²) in [5.41, 5.74) is 0.804. The summed E-state index contributed by atoms with van der Waals surface area (Å²) in [6.45, 7) is 0. The predicted molar refractivity (Wildman–Crippen MR) is 100 cm³/mol. The summed E-state index contributed by atoms with van der Waals surface area (Å²) >= 11 is 0. The van der Waals surface area contributed by atoms with Crippen LogP contribution in [0.2, 0.25) is 0 Å². The quantitative estimate of drug-likeness (QED) is 0.263. The zero-order valence-electron chi connectivity index (χ0n) is 14.4. The maximum Gasteiger partial charge on any atom is 0.194 e. The van der Waals surface area contributed by atoms with Crippen molar-refractivity contribution >= 4 is 34.9 Å². The van der Waals surface area contributed by atoms with Crippen LogP contribution in [-0.4, -0.2) is 4.98 Å². The van der Waals surface area contributed by atoms with E-state index in [2.05, 4.69) is 4.98 Å². The Kier molecular flexibility index (Phi) is 5.01. The van der Waals surface area contributed by atoms with E-state index >= 15 is 0 Å². The average Bonchev–Trinajstić information content (AvgIpc) is 2.70. The molecular weight excluding hydrogens is 411 g/mol. The smallest absolute Gasteiger partial charge is 0.194 e. The van der Waals surface area contributed by atoms with Crippen LogP contribution in [0.3, 0.4) is 0 Å². The number of benzene rings is 3. The molecule has 1 nitrogen and oxygen atoms in total. The monoisotopic (exact) mass is 421 g/mol. The van der Waals surface area contributed by atoms with Gasteiger partial charge in [-0.05, 0) is 47.0 Å². The molecule has 1 aromatic heterocycles. The molecule has 3 aromatic carbocycles. The minimum absolute atomic E-state index is 0.0652. The van der Waals surface area contributed by atoms with Crippen LogP contribution in [0, 0.1) is 34.9 Å². The van der Waals surface area contributed by atoms with E-state index in [-0.39, 0.29) is 16.0 Å². The first-order valence-corrected chi connectivity index (χ1v) is 9.64. The van der Waals surface area contributed by atoms with Crippen molar-refractivity contribution in [2.45, 2.75) is 0 Å². The Morgan fingerprint density at radius 1 is 0.586 bits per heavy atom. The van der Waals surface area contributed by atoms with Crippen LogP contribution in [0.4, 0.5) is 26.3 Å². The fourth-order valence-corrected chi connectivity index (χ4v) is 5.16. The van der Waals surface area contributed by atoms with Crippen LogP contribution < -0.4 is 16.0 Å². The van der Waals surface area contributed by atoms with E-state index in [4.69, 9.17) is 0 Å². The van der Waals surface area contributed by atoms with Gasteiger partial charge in [-0.3, -0.25) is 0 Å². The Labute approximate surface area is 162 Å². The topological polar surface area (TPSA) is 12.9 Å². The van der Waals surface area contributed by atoms with Gasteiger partial charge in [-0.25, -0.2) is 31.3 Å². The number of halogens is 6. The largest absolute Gasteiger partial charge is 0.247 e. The highest BCUT2D eigenvalue weighted by molar-refractivity contribution is 7.79. The number of fused-ring (bicyclic) bond motifs is 1. The van der Waals surface area contributed by atoms with Crippen molar-refractivity contribution in [3.05, 3.63) is 95.6 Å². The molecule has 0 saturated heterocycles. The van der Waals surface area contributed by atoms with Gasteiger partial charge in [0.1, 0.15) is 0 Å². The molecule has 0 unspecified atom stereocenters. The first kappa shape index (κ1) is 19.4. The van der Waals surface area contributed by atoms with Gasteiger partial charge in [-0.1, -0.05) is 24.3 Å². The summed E-state index contributed by atoms with van der Waals surface area (Å²) in [7, 11) is -2.01. The van der Waals surface area contributed by atoms with Gasteiger partial charge in [0.2, 0.25) is 0 Å². The van der Waals surface area contributed by atoms with Crippen molar-refractivity contribution in [1.29, 1.82) is 0 Å². The van der Waals surface area contributed by atoms with E-state index in [1.807, 2.05) is 0 Å². The van der Waals surface area contributed by atoms with Crippen LogP contribution in [0.5, 0.6) is 0 Å². The lowest BCUT2D eigenvalue weighted by Crippen LogP contribution is -2.25. The lowest BCUT2D eigenvalue weighted by molar-refractivity contribution is 0.448. The maximum absolute atomic E-state index is 13.9. The average molecular weight is 421 g/mol. The molecule has 0 radical (unpaired) electrons. The van der Waals surface area contributed by atoms with Gasteiger partial charge in [0, 0.05) is 13.3 Å². The molecule has 0 fully saturated rings. The number of hydrogen-bond acceptors (Lipinski definition) is 1. The van der Waals surface area contributed by atoms with Crippen molar-refractivity contribution in [3.63, 3.8) is 0 Å². The summed E-state index contributed by atoms with van der Waals surface area (Å²) in [5, 5.41) is 0.647. The third kappa shape index (κ3) is 3.58. The second kappa shape index (κ2) is 7.48. The molecular formula is C21H10F6NP.